The highest BCUT2D eigenvalue weighted by Crippen LogP contribution is 2.20. The van der Waals surface area contributed by atoms with Gasteiger partial charge in [0.25, 0.3) is 0 Å². The average Bonchev–Trinajstić information content (AvgIpc) is 2.36. The van der Waals surface area contributed by atoms with Crippen LogP contribution in [-0.2, 0) is 6.42 Å². The zero-order valence-corrected chi connectivity index (χ0v) is 9.36. The Kier molecular flexibility index (Phi) is 3.55. The van der Waals surface area contributed by atoms with Crippen molar-refractivity contribution in [1.29, 1.82) is 0 Å². The Hall–Kier alpha value is -2.10. The van der Waals surface area contributed by atoms with Gasteiger partial charge in [-0.15, -0.1) is 0 Å². The minimum absolute atomic E-state index is 0.161. The third kappa shape index (κ3) is 2.93. The first kappa shape index (κ1) is 11.4. The molecular weight excluding hydrogens is 217 g/mol. The van der Waals surface area contributed by atoms with Crippen LogP contribution >= 0.6 is 0 Å². The summed E-state index contributed by atoms with van der Waals surface area (Å²) in [6.07, 6.45) is 2.53. The Bertz CT molecular complexity index is 485. The minimum atomic E-state index is -0.396. The van der Waals surface area contributed by atoms with Crippen LogP contribution in [0.1, 0.15) is 5.69 Å². The molecule has 3 nitrogen and oxygen atoms in total. The van der Waals surface area contributed by atoms with Crippen molar-refractivity contribution >= 4 is 11.4 Å². The highest BCUT2D eigenvalue weighted by molar-refractivity contribution is 5.66. The number of rotatable bonds is 4. The molecule has 3 N–H and O–H groups in total. The lowest BCUT2D eigenvalue weighted by atomic mass is 10.2. The van der Waals surface area contributed by atoms with Gasteiger partial charge in [0.05, 0.1) is 11.4 Å². The predicted molar refractivity (Wildman–Crippen MR) is 67.2 cm³/mol. The van der Waals surface area contributed by atoms with Crippen LogP contribution in [0.3, 0.4) is 0 Å². The summed E-state index contributed by atoms with van der Waals surface area (Å²) in [5.74, 6) is -0.396. The largest absolute Gasteiger partial charge is 0.395 e. The van der Waals surface area contributed by atoms with Crippen molar-refractivity contribution in [2.45, 2.75) is 6.42 Å². The van der Waals surface area contributed by atoms with Gasteiger partial charge in [-0.3, -0.25) is 4.98 Å². The van der Waals surface area contributed by atoms with Crippen LogP contribution in [0.5, 0.6) is 0 Å². The molecule has 0 bridgehead atoms. The van der Waals surface area contributed by atoms with Gasteiger partial charge in [-0.1, -0.05) is 12.1 Å². The molecule has 1 heterocycles. The van der Waals surface area contributed by atoms with Crippen molar-refractivity contribution in [3.8, 4) is 0 Å². The number of nitrogens with zero attached hydrogens (tertiary/aromatic N) is 1. The third-order valence-electron chi connectivity index (χ3n) is 2.48. The van der Waals surface area contributed by atoms with Crippen LogP contribution in [0.2, 0.25) is 0 Å². The summed E-state index contributed by atoms with van der Waals surface area (Å²) in [5, 5.41) is 3.10. The number of nitrogen functional groups attached to an aromatic ring is 1. The first-order valence-electron chi connectivity index (χ1n) is 5.45. The number of para-hydroxylation sites is 1. The number of anilines is 2. The molecule has 0 spiro atoms. The molecule has 0 radical (unpaired) electrons. The number of benzene rings is 1. The number of hydrogen-bond donors (Lipinski definition) is 2. The topological polar surface area (TPSA) is 50.9 Å². The normalized spacial score (nSPS) is 10.2. The molecule has 1 aromatic carbocycles. The van der Waals surface area contributed by atoms with E-state index in [1.165, 1.54) is 6.07 Å². The van der Waals surface area contributed by atoms with Gasteiger partial charge in [0, 0.05) is 24.9 Å². The van der Waals surface area contributed by atoms with E-state index in [0.29, 0.717) is 12.2 Å². The van der Waals surface area contributed by atoms with Crippen molar-refractivity contribution in [3.05, 3.63) is 54.1 Å². The summed E-state index contributed by atoms with van der Waals surface area (Å²) in [7, 11) is 0. The van der Waals surface area contributed by atoms with Crippen molar-refractivity contribution < 1.29 is 4.39 Å². The van der Waals surface area contributed by atoms with E-state index in [9.17, 15) is 4.39 Å². The molecule has 0 aliphatic rings. The monoisotopic (exact) mass is 231 g/mol. The molecule has 2 aromatic rings. The molecule has 0 aliphatic heterocycles. The smallest absolute Gasteiger partial charge is 0.148 e. The number of hydrogen-bond acceptors (Lipinski definition) is 3. The molecule has 1 aromatic heterocycles. The maximum Gasteiger partial charge on any atom is 0.148 e. The van der Waals surface area contributed by atoms with Crippen LogP contribution in [0.4, 0.5) is 15.8 Å². The fourth-order valence-corrected chi connectivity index (χ4v) is 1.56. The van der Waals surface area contributed by atoms with Crippen LogP contribution in [0.15, 0.2) is 42.6 Å². The van der Waals surface area contributed by atoms with Crippen molar-refractivity contribution in [1.82, 2.24) is 4.98 Å². The second kappa shape index (κ2) is 5.30. The van der Waals surface area contributed by atoms with E-state index in [2.05, 4.69) is 10.3 Å². The summed E-state index contributed by atoms with van der Waals surface area (Å²) in [4.78, 5) is 4.20. The van der Waals surface area contributed by atoms with Crippen LogP contribution < -0.4 is 11.1 Å². The molecule has 0 saturated carbocycles. The van der Waals surface area contributed by atoms with E-state index in [1.807, 2.05) is 18.2 Å². The third-order valence-corrected chi connectivity index (χ3v) is 2.48. The molecule has 0 unspecified atom stereocenters. The lowest BCUT2D eigenvalue weighted by Gasteiger charge is -2.09. The van der Waals surface area contributed by atoms with Crippen molar-refractivity contribution in [2.24, 2.45) is 0 Å². The number of halogens is 1. The molecular formula is C13H14FN3. The van der Waals surface area contributed by atoms with E-state index in [1.54, 1.807) is 18.3 Å². The molecule has 88 valence electrons. The molecule has 0 atom stereocenters. The maximum absolute atomic E-state index is 13.2. The van der Waals surface area contributed by atoms with Gasteiger partial charge < -0.3 is 11.1 Å². The van der Waals surface area contributed by atoms with Crippen molar-refractivity contribution in [2.75, 3.05) is 17.6 Å². The summed E-state index contributed by atoms with van der Waals surface area (Å²) in [6, 6.07) is 10.5. The summed E-state index contributed by atoms with van der Waals surface area (Å²) in [6.45, 7) is 0.671. The number of nitrogens with one attached hydrogen (secondary N) is 1. The van der Waals surface area contributed by atoms with E-state index < -0.39 is 5.82 Å². The van der Waals surface area contributed by atoms with E-state index >= 15 is 0 Å². The second-order valence-corrected chi connectivity index (χ2v) is 3.70. The SMILES string of the molecule is Nc1c(F)cccc1NCCc1ccccn1. The molecule has 0 fully saturated rings. The Morgan fingerprint density at radius 1 is 1.18 bits per heavy atom. The molecule has 2 rings (SSSR count). The van der Waals surface area contributed by atoms with Gasteiger partial charge in [0.2, 0.25) is 0 Å². The maximum atomic E-state index is 13.2. The highest BCUT2D eigenvalue weighted by Gasteiger charge is 2.03. The van der Waals surface area contributed by atoms with E-state index in [4.69, 9.17) is 5.73 Å². The fraction of sp³-hybridized carbons (Fsp3) is 0.154. The first-order chi connectivity index (χ1) is 8.27. The standard InChI is InChI=1S/C13H14FN3/c14-11-5-3-6-12(13(11)15)17-9-7-10-4-1-2-8-16-10/h1-6,8,17H,7,9,15H2. The Morgan fingerprint density at radius 2 is 2.06 bits per heavy atom. The summed E-state index contributed by atoms with van der Waals surface area (Å²) < 4.78 is 13.2. The Balaban J connectivity index is 1.93. The Morgan fingerprint density at radius 3 is 2.82 bits per heavy atom. The van der Waals surface area contributed by atoms with Crippen LogP contribution in [-0.4, -0.2) is 11.5 Å². The number of aromatic nitrogens is 1. The highest BCUT2D eigenvalue weighted by atomic mass is 19.1. The zero-order chi connectivity index (χ0) is 12.1. The minimum Gasteiger partial charge on any atom is -0.395 e. The molecule has 4 heteroatoms. The summed E-state index contributed by atoms with van der Waals surface area (Å²) >= 11 is 0. The van der Waals surface area contributed by atoms with E-state index in [-0.39, 0.29) is 5.69 Å². The first-order valence-corrected chi connectivity index (χ1v) is 5.45. The van der Waals surface area contributed by atoms with Crippen LogP contribution in [0, 0.1) is 5.82 Å². The second-order valence-electron chi connectivity index (χ2n) is 3.70. The molecule has 0 amide bonds. The van der Waals surface area contributed by atoms with Crippen LogP contribution in [0.25, 0.3) is 0 Å². The number of nitrogens with two attached hydrogens (primary N) is 1. The Labute approximate surface area is 99.5 Å². The lowest BCUT2D eigenvalue weighted by Crippen LogP contribution is -2.08. The van der Waals surface area contributed by atoms with Gasteiger partial charge in [0.1, 0.15) is 5.82 Å². The summed E-state index contributed by atoms with van der Waals surface area (Å²) in [5.41, 5.74) is 7.39. The lowest BCUT2D eigenvalue weighted by molar-refractivity contribution is 0.633. The van der Waals surface area contributed by atoms with E-state index in [0.717, 1.165) is 12.1 Å². The van der Waals surface area contributed by atoms with Gasteiger partial charge in [-0.2, -0.15) is 0 Å². The average molecular weight is 231 g/mol. The van der Waals surface area contributed by atoms with Gasteiger partial charge in [-0.25, -0.2) is 4.39 Å². The van der Waals surface area contributed by atoms with Gasteiger partial charge in [-0.05, 0) is 24.3 Å². The number of pyridine rings is 1. The molecule has 0 saturated heterocycles. The molecule has 0 aliphatic carbocycles. The van der Waals surface area contributed by atoms with Gasteiger partial charge in [0.15, 0.2) is 0 Å². The quantitative estimate of drug-likeness (QED) is 0.795. The molecule has 17 heavy (non-hydrogen) atoms. The predicted octanol–water partition coefficient (Wildman–Crippen LogP) is 2.46. The van der Waals surface area contributed by atoms with Gasteiger partial charge >= 0.3 is 0 Å². The zero-order valence-electron chi connectivity index (χ0n) is 9.36. The van der Waals surface area contributed by atoms with Crippen molar-refractivity contribution in [3.63, 3.8) is 0 Å². The fourth-order valence-electron chi connectivity index (χ4n) is 1.56.